The molecule has 68 heavy (non-hydrogen) atoms. The third-order valence-electron chi connectivity index (χ3n) is 15.3. The Balaban J connectivity index is 1.69. The lowest BCUT2D eigenvalue weighted by molar-refractivity contribution is -0.155. The Labute approximate surface area is 423 Å². The first-order valence-corrected chi connectivity index (χ1v) is 30.8. The fraction of sp³-hybridized carbons (Fsp3) is 0.935. The van der Waals surface area contributed by atoms with Crippen molar-refractivity contribution in [2.24, 2.45) is 11.3 Å². The van der Waals surface area contributed by atoms with Gasteiger partial charge in [-0.3, -0.25) is 9.59 Å². The number of carbonyl (C=O) groups excluding carboxylic acids is 2. The Morgan fingerprint density at radius 3 is 0.912 bits per heavy atom. The third kappa shape index (κ3) is 43.4. The lowest BCUT2D eigenvalue weighted by atomic mass is 9.92. The first-order chi connectivity index (χ1) is 33.6. The van der Waals surface area contributed by atoms with Crippen LogP contribution in [-0.4, -0.2) is 48.6 Å². The molecule has 0 radical (unpaired) electrons. The molecular formula is C62H118O6. The second kappa shape index (κ2) is 51.9. The summed E-state index contributed by atoms with van der Waals surface area (Å²) in [6.07, 6.45) is 74.2. The zero-order valence-electron chi connectivity index (χ0n) is 45.7. The molecule has 1 rings (SSSR count). The molecule has 0 aliphatic carbocycles. The van der Waals surface area contributed by atoms with Crippen molar-refractivity contribution >= 4 is 11.9 Å². The average molecular weight is 960 g/mol. The van der Waals surface area contributed by atoms with Gasteiger partial charge in [0.15, 0.2) is 0 Å². The topological polar surface area (TPSA) is 93.1 Å². The van der Waals surface area contributed by atoms with E-state index in [2.05, 4.69) is 19.1 Å². The summed E-state index contributed by atoms with van der Waals surface area (Å²) in [5, 5.41) is 19.2. The van der Waals surface area contributed by atoms with Gasteiger partial charge < -0.3 is 19.7 Å². The molecule has 1 fully saturated rings. The minimum atomic E-state index is -1.12. The molecule has 1 unspecified atom stereocenters. The van der Waals surface area contributed by atoms with Gasteiger partial charge in [0.2, 0.25) is 0 Å². The summed E-state index contributed by atoms with van der Waals surface area (Å²) >= 11 is 0. The zero-order chi connectivity index (χ0) is 49.0. The minimum Gasteiger partial charge on any atom is -0.465 e. The maximum absolute atomic E-state index is 12.5. The Kier molecular flexibility index (Phi) is 49.4. The van der Waals surface area contributed by atoms with Crippen molar-refractivity contribution in [2.45, 2.75) is 334 Å². The van der Waals surface area contributed by atoms with E-state index in [1.807, 2.05) is 0 Å². The van der Waals surface area contributed by atoms with E-state index in [9.17, 15) is 19.8 Å². The van der Waals surface area contributed by atoms with Gasteiger partial charge in [0, 0.05) is 0 Å². The van der Waals surface area contributed by atoms with Gasteiger partial charge in [-0.1, -0.05) is 308 Å². The van der Waals surface area contributed by atoms with Gasteiger partial charge in [-0.05, 0) is 32.1 Å². The van der Waals surface area contributed by atoms with Crippen molar-refractivity contribution in [1.82, 2.24) is 0 Å². The molecule has 6 nitrogen and oxygen atoms in total. The van der Waals surface area contributed by atoms with Crippen LogP contribution < -0.4 is 0 Å². The van der Waals surface area contributed by atoms with Crippen LogP contribution in [0.5, 0.6) is 0 Å². The number of hydrogen-bond donors (Lipinski definition) is 2. The van der Waals surface area contributed by atoms with Gasteiger partial charge in [-0.25, -0.2) is 0 Å². The summed E-state index contributed by atoms with van der Waals surface area (Å²) < 4.78 is 10.6. The number of esters is 2. The third-order valence-corrected chi connectivity index (χ3v) is 15.3. The van der Waals surface area contributed by atoms with Gasteiger partial charge in [0.05, 0.1) is 31.0 Å². The number of cyclic esters (lactones) is 2. The van der Waals surface area contributed by atoms with E-state index in [1.165, 1.54) is 295 Å². The van der Waals surface area contributed by atoms with Crippen LogP contribution in [0.25, 0.3) is 0 Å². The lowest BCUT2D eigenvalue weighted by Gasteiger charge is -2.27. The molecule has 1 atom stereocenters. The summed E-state index contributed by atoms with van der Waals surface area (Å²) in [5.41, 5.74) is -1.12. The first kappa shape index (κ1) is 64.6. The summed E-state index contributed by atoms with van der Waals surface area (Å²) in [5.74, 6) is -1.40. The fourth-order valence-electron chi connectivity index (χ4n) is 10.2. The molecule has 1 aliphatic heterocycles. The van der Waals surface area contributed by atoms with Gasteiger partial charge in [-0.2, -0.15) is 0 Å². The van der Waals surface area contributed by atoms with Crippen molar-refractivity contribution in [3.8, 4) is 0 Å². The molecule has 0 aromatic rings. The zero-order valence-corrected chi connectivity index (χ0v) is 45.7. The lowest BCUT2D eigenvalue weighted by Crippen LogP contribution is -2.40. The molecule has 0 amide bonds. The largest absolute Gasteiger partial charge is 0.465 e. The van der Waals surface area contributed by atoms with Crippen molar-refractivity contribution in [2.75, 3.05) is 26.4 Å². The van der Waals surface area contributed by atoms with Gasteiger partial charge in [-0.15, -0.1) is 0 Å². The molecule has 1 saturated heterocycles. The summed E-state index contributed by atoms with van der Waals surface area (Å²) in [4.78, 5) is 24.7. The second-order valence-corrected chi connectivity index (χ2v) is 22.1. The van der Waals surface area contributed by atoms with Crippen molar-refractivity contribution in [3.63, 3.8) is 0 Å². The normalized spacial score (nSPS) is 15.4. The molecule has 2 N–H and O–H groups in total. The highest BCUT2D eigenvalue weighted by Crippen LogP contribution is 2.25. The predicted molar refractivity (Wildman–Crippen MR) is 292 cm³/mol. The van der Waals surface area contributed by atoms with E-state index in [0.29, 0.717) is 6.42 Å². The van der Waals surface area contributed by atoms with E-state index in [1.54, 1.807) is 0 Å². The highest BCUT2D eigenvalue weighted by molar-refractivity contribution is 5.80. The molecule has 0 bridgehead atoms. The van der Waals surface area contributed by atoms with Gasteiger partial charge in [0.25, 0.3) is 0 Å². The molecule has 6 heteroatoms. The number of aliphatic hydroxyl groups excluding tert-OH is 2. The number of allylic oxidation sites excluding steroid dienone is 2. The van der Waals surface area contributed by atoms with E-state index >= 15 is 0 Å². The number of ether oxygens (including phenoxy) is 2. The smallest absolute Gasteiger partial charge is 0.309 e. The molecule has 0 aromatic carbocycles. The summed E-state index contributed by atoms with van der Waals surface area (Å²) in [7, 11) is 0. The molecule has 402 valence electrons. The van der Waals surface area contributed by atoms with Crippen LogP contribution in [0.4, 0.5) is 0 Å². The predicted octanol–water partition coefficient (Wildman–Crippen LogP) is 19.1. The number of carbonyl (C=O) groups is 2. The fourth-order valence-corrected chi connectivity index (χ4v) is 10.2. The van der Waals surface area contributed by atoms with Gasteiger partial charge in [0.1, 0.15) is 13.2 Å². The number of aliphatic hydroxyl groups is 2. The molecule has 0 aromatic heterocycles. The van der Waals surface area contributed by atoms with Crippen LogP contribution >= 0.6 is 0 Å². The minimum absolute atomic E-state index is 0.00485. The van der Waals surface area contributed by atoms with Crippen molar-refractivity contribution < 1.29 is 29.3 Å². The molecule has 1 aliphatic rings. The van der Waals surface area contributed by atoms with Crippen molar-refractivity contribution in [3.05, 3.63) is 12.2 Å². The first-order valence-electron chi connectivity index (χ1n) is 30.8. The van der Waals surface area contributed by atoms with Crippen LogP contribution in [0.3, 0.4) is 0 Å². The van der Waals surface area contributed by atoms with E-state index in [0.717, 1.165) is 19.3 Å². The Bertz CT molecular complexity index is 1070. The maximum atomic E-state index is 12.5. The summed E-state index contributed by atoms with van der Waals surface area (Å²) in [6.45, 7) is 1.21. The molecule has 1 heterocycles. The monoisotopic (exact) mass is 959 g/mol. The molecule has 0 saturated carbocycles. The number of unbranched alkanes of at least 4 members (excludes halogenated alkanes) is 47. The molecule has 0 spiro atoms. The number of rotatable bonds is 53. The van der Waals surface area contributed by atoms with E-state index < -0.39 is 36.5 Å². The van der Waals surface area contributed by atoms with Crippen LogP contribution in [0.1, 0.15) is 334 Å². The quantitative estimate of drug-likeness (QED) is 0.0358. The average Bonchev–Trinajstić information content (AvgIpc) is 3.40. The van der Waals surface area contributed by atoms with Crippen LogP contribution in [-0.2, 0) is 19.1 Å². The highest BCUT2D eigenvalue weighted by Gasteiger charge is 2.36. The Morgan fingerprint density at radius 1 is 0.382 bits per heavy atom. The molecular weight excluding hydrogens is 841 g/mol. The second-order valence-electron chi connectivity index (χ2n) is 22.1. The van der Waals surface area contributed by atoms with E-state index in [4.69, 9.17) is 9.47 Å². The number of hydrogen-bond acceptors (Lipinski definition) is 6. The van der Waals surface area contributed by atoms with Gasteiger partial charge >= 0.3 is 11.9 Å². The SMILES string of the molecule is CCCCCCCCCCCCCCCCC/C=C/CCCCCCCCCCCCCCCCCCCCCCCCCCCCCCCCCCC1CC(=O)OCC(CO)(CO)COC1=O. The van der Waals surface area contributed by atoms with Crippen LogP contribution in [0.15, 0.2) is 12.2 Å². The highest BCUT2D eigenvalue weighted by atomic mass is 16.6. The Hall–Kier alpha value is -1.40. The van der Waals surface area contributed by atoms with E-state index in [-0.39, 0.29) is 19.6 Å². The maximum Gasteiger partial charge on any atom is 0.309 e. The van der Waals surface area contributed by atoms with Crippen LogP contribution in [0.2, 0.25) is 0 Å². The van der Waals surface area contributed by atoms with Crippen molar-refractivity contribution in [1.29, 1.82) is 0 Å². The standard InChI is InChI=1S/C62H118O6/c1-2-3-4-5-6-7-8-9-10-11-12-13-14-15-16-17-18-19-20-21-22-23-24-25-26-27-28-29-30-31-32-33-34-35-36-37-38-39-40-41-42-43-44-45-46-47-48-49-50-51-52-53-59-54-60(65)67-57-62(55-63,56-64)58-68-61(59)66/h18-19,59,63-64H,2-17,20-58H2,1H3/b19-18+. The van der Waals surface area contributed by atoms with Crippen LogP contribution in [0, 0.1) is 11.3 Å². The Morgan fingerprint density at radius 2 is 0.632 bits per heavy atom. The summed E-state index contributed by atoms with van der Waals surface area (Å²) in [6, 6.07) is 0.